The van der Waals surface area contributed by atoms with Gasteiger partial charge in [-0.05, 0) is 31.4 Å². The van der Waals surface area contributed by atoms with Gasteiger partial charge in [-0.15, -0.1) is 0 Å². The zero-order valence-corrected chi connectivity index (χ0v) is 12.5. The lowest BCUT2D eigenvalue weighted by Crippen LogP contribution is -2.45. The molecule has 0 bridgehead atoms. The Morgan fingerprint density at radius 3 is 2.50 bits per heavy atom. The number of likely N-dealkylation sites (N-methyl/N-ethyl adjacent to an activating group) is 2. The highest BCUT2D eigenvalue weighted by atomic mass is 16.2. The van der Waals surface area contributed by atoms with Crippen molar-refractivity contribution in [3.05, 3.63) is 35.9 Å². The SMILES string of the molecule is CN(Cc1ccccc1)C(=O)CN(C)C(CN)C1CC1. The van der Waals surface area contributed by atoms with Gasteiger partial charge in [0, 0.05) is 26.2 Å². The van der Waals surface area contributed by atoms with Crippen molar-refractivity contribution in [3.63, 3.8) is 0 Å². The normalized spacial score (nSPS) is 16.2. The van der Waals surface area contributed by atoms with E-state index in [2.05, 4.69) is 4.90 Å². The average Bonchev–Trinajstić information content (AvgIpc) is 3.25. The van der Waals surface area contributed by atoms with Crippen molar-refractivity contribution in [3.8, 4) is 0 Å². The number of nitrogens with two attached hydrogens (primary N) is 1. The van der Waals surface area contributed by atoms with E-state index in [0.717, 1.165) is 5.56 Å². The lowest BCUT2D eigenvalue weighted by atomic mass is 10.1. The molecule has 1 unspecified atom stereocenters. The first kappa shape index (κ1) is 15.0. The molecule has 4 heteroatoms. The van der Waals surface area contributed by atoms with Gasteiger partial charge in [0.2, 0.25) is 5.91 Å². The summed E-state index contributed by atoms with van der Waals surface area (Å²) >= 11 is 0. The number of hydrogen-bond donors (Lipinski definition) is 1. The molecule has 2 N–H and O–H groups in total. The Labute approximate surface area is 121 Å². The summed E-state index contributed by atoms with van der Waals surface area (Å²) in [5.74, 6) is 0.840. The second-order valence-corrected chi connectivity index (χ2v) is 5.79. The minimum absolute atomic E-state index is 0.149. The summed E-state index contributed by atoms with van der Waals surface area (Å²) < 4.78 is 0. The van der Waals surface area contributed by atoms with Crippen LogP contribution in [0.4, 0.5) is 0 Å². The highest BCUT2D eigenvalue weighted by molar-refractivity contribution is 5.78. The van der Waals surface area contributed by atoms with Crippen molar-refractivity contribution in [1.29, 1.82) is 0 Å². The van der Waals surface area contributed by atoms with Crippen LogP contribution in [0.25, 0.3) is 0 Å². The van der Waals surface area contributed by atoms with E-state index in [4.69, 9.17) is 5.73 Å². The lowest BCUT2D eigenvalue weighted by Gasteiger charge is -2.28. The molecule has 0 saturated heterocycles. The van der Waals surface area contributed by atoms with Crippen molar-refractivity contribution in [2.45, 2.75) is 25.4 Å². The van der Waals surface area contributed by atoms with E-state index in [1.54, 1.807) is 4.90 Å². The topological polar surface area (TPSA) is 49.6 Å². The molecule has 0 aromatic heterocycles. The lowest BCUT2D eigenvalue weighted by molar-refractivity contribution is -0.131. The van der Waals surface area contributed by atoms with Crippen LogP contribution in [0.3, 0.4) is 0 Å². The maximum absolute atomic E-state index is 12.3. The monoisotopic (exact) mass is 275 g/mol. The van der Waals surface area contributed by atoms with E-state index in [0.29, 0.717) is 31.6 Å². The Morgan fingerprint density at radius 2 is 1.95 bits per heavy atom. The quantitative estimate of drug-likeness (QED) is 0.816. The van der Waals surface area contributed by atoms with Crippen molar-refractivity contribution < 1.29 is 4.79 Å². The van der Waals surface area contributed by atoms with Crippen molar-refractivity contribution in [1.82, 2.24) is 9.80 Å². The fourth-order valence-electron chi connectivity index (χ4n) is 2.61. The Kier molecular flexibility index (Phi) is 5.15. The third-order valence-corrected chi connectivity index (χ3v) is 4.05. The van der Waals surface area contributed by atoms with E-state index in [1.165, 1.54) is 12.8 Å². The number of hydrogen-bond acceptors (Lipinski definition) is 3. The van der Waals surface area contributed by atoms with Gasteiger partial charge in [-0.2, -0.15) is 0 Å². The van der Waals surface area contributed by atoms with E-state index >= 15 is 0 Å². The molecule has 0 radical (unpaired) electrons. The number of nitrogens with zero attached hydrogens (tertiary/aromatic N) is 2. The summed E-state index contributed by atoms with van der Waals surface area (Å²) in [5.41, 5.74) is 6.98. The molecule has 110 valence electrons. The van der Waals surface area contributed by atoms with Gasteiger partial charge in [0.05, 0.1) is 6.54 Å². The predicted molar refractivity (Wildman–Crippen MR) is 81.1 cm³/mol. The van der Waals surface area contributed by atoms with Crippen LogP contribution in [0.1, 0.15) is 18.4 Å². The van der Waals surface area contributed by atoms with Crippen LogP contribution in [0, 0.1) is 5.92 Å². The highest BCUT2D eigenvalue weighted by Gasteiger charge is 2.33. The highest BCUT2D eigenvalue weighted by Crippen LogP contribution is 2.34. The van der Waals surface area contributed by atoms with Crippen LogP contribution in [0.15, 0.2) is 30.3 Å². The van der Waals surface area contributed by atoms with Gasteiger partial charge in [0.15, 0.2) is 0 Å². The molecule has 20 heavy (non-hydrogen) atoms. The fourth-order valence-corrected chi connectivity index (χ4v) is 2.61. The molecule has 2 rings (SSSR count). The van der Waals surface area contributed by atoms with Gasteiger partial charge >= 0.3 is 0 Å². The summed E-state index contributed by atoms with van der Waals surface area (Å²) in [5, 5.41) is 0. The zero-order chi connectivity index (χ0) is 14.5. The van der Waals surface area contributed by atoms with E-state index < -0.39 is 0 Å². The molecule has 1 aromatic rings. The molecule has 4 nitrogen and oxygen atoms in total. The van der Waals surface area contributed by atoms with Crippen molar-refractivity contribution >= 4 is 5.91 Å². The average molecular weight is 275 g/mol. The standard InChI is InChI=1S/C16H25N3O/c1-18(15(10-17)14-8-9-14)12-16(20)19(2)11-13-6-4-3-5-7-13/h3-7,14-15H,8-12,17H2,1-2H3. The minimum Gasteiger partial charge on any atom is -0.340 e. The summed E-state index contributed by atoms with van der Waals surface area (Å²) in [6.07, 6.45) is 2.50. The molecule has 1 saturated carbocycles. The smallest absolute Gasteiger partial charge is 0.236 e. The molecule has 0 aliphatic heterocycles. The van der Waals surface area contributed by atoms with Gasteiger partial charge in [0.25, 0.3) is 0 Å². The number of rotatable bonds is 7. The molecule has 1 fully saturated rings. The summed E-state index contributed by atoms with van der Waals surface area (Å²) in [4.78, 5) is 16.2. The molecule has 1 aliphatic carbocycles. The van der Waals surface area contributed by atoms with Crippen LogP contribution in [0.2, 0.25) is 0 Å². The Morgan fingerprint density at radius 1 is 1.30 bits per heavy atom. The zero-order valence-electron chi connectivity index (χ0n) is 12.5. The van der Waals surface area contributed by atoms with Crippen LogP contribution in [-0.4, -0.2) is 48.9 Å². The summed E-state index contributed by atoms with van der Waals surface area (Å²) in [7, 11) is 3.86. The van der Waals surface area contributed by atoms with Crippen LogP contribution < -0.4 is 5.73 Å². The number of amides is 1. The van der Waals surface area contributed by atoms with Gasteiger partial charge in [0.1, 0.15) is 0 Å². The number of carbonyl (C=O) groups excluding carboxylic acids is 1. The second-order valence-electron chi connectivity index (χ2n) is 5.79. The van der Waals surface area contributed by atoms with E-state index in [1.807, 2.05) is 44.4 Å². The van der Waals surface area contributed by atoms with Gasteiger partial charge in [-0.1, -0.05) is 30.3 Å². The van der Waals surface area contributed by atoms with Crippen LogP contribution >= 0.6 is 0 Å². The van der Waals surface area contributed by atoms with E-state index in [9.17, 15) is 4.79 Å². The number of benzene rings is 1. The largest absolute Gasteiger partial charge is 0.340 e. The van der Waals surface area contributed by atoms with Crippen LogP contribution in [0.5, 0.6) is 0 Å². The second kappa shape index (κ2) is 6.86. The molecule has 1 amide bonds. The molecule has 1 aromatic carbocycles. The molecule has 1 aliphatic rings. The molecular formula is C16H25N3O. The third kappa shape index (κ3) is 4.05. The fraction of sp³-hybridized carbons (Fsp3) is 0.562. The van der Waals surface area contributed by atoms with Crippen molar-refractivity contribution in [2.24, 2.45) is 11.7 Å². The Bertz CT molecular complexity index is 431. The Balaban J connectivity index is 1.84. The molecule has 0 heterocycles. The molecule has 1 atom stereocenters. The maximum atomic E-state index is 12.3. The van der Waals surface area contributed by atoms with Gasteiger partial charge < -0.3 is 10.6 Å². The molecule has 0 spiro atoms. The summed E-state index contributed by atoms with van der Waals surface area (Å²) in [6.45, 7) is 1.74. The maximum Gasteiger partial charge on any atom is 0.236 e. The third-order valence-electron chi connectivity index (χ3n) is 4.05. The Hall–Kier alpha value is -1.39. The van der Waals surface area contributed by atoms with Crippen LogP contribution in [-0.2, 0) is 11.3 Å². The minimum atomic E-state index is 0.149. The van der Waals surface area contributed by atoms with Gasteiger partial charge in [-0.3, -0.25) is 9.69 Å². The summed E-state index contributed by atoms with van der Waals surface area (Å²) in [6, 6.07) is 10.4. The molecular weight excluding hydrogens is 250 g/mol. The number of carbonyl (C=O) groups is 1. The van der Waals surface area contributed by atoms with Crippen molar-refractivity contribution in [2.75, 3.05) is 27.2 Å². The first-order valence-electron chi connectivity index (χ1n) is 7.30. The first-order valence-corrected chi connectivity index (χ1v) is 7.30. The first-order chi connectivity index (χ1) is 9.61. The predicted octanol–water partition coefficient (Wildman–Crippen LogP) is 1.31. The van der Waals surface area contributed by atoms with E-state index in [-0.39, 0.29) is 5.91 Å². The van der Waals surface area contributed by atoms with Gasteiger partial charge in [-0.25, -0.2) is 0 Å².